The second-order valence-electron chi connectivity index (χ2n) is 30.0. The van der Waals surface area contributed by atoms with E-state index in [9.17, 15) is 97.0 Å². The van der Waals surface area contributed by atoms with Crippen molar-refractivity contribution in [1.82, 2.24) is 0 Å². The van der Waals surface area contributed by atoms with Crippen molar-refractivity contribution < 1.29 is 163 Å². The molecule has 0 radical (unpaired) electrons. The molecule has 8 saturated heterocycles. The predicted octanol–water partition coefficient (Wildman–Crippen LogP) is -7.26. The van der Waals surface area contributed by atoms with Crippen molar-refractivity contribution in [3.63, 3.8) is 0 Å². The Labute approximate surface area is 554 Å². The molecule has 0 aromatic carbocycles. The topological polar surface area (TPSA) is 514 Å². The van der Waals surface area contributed by atoms with Crippen molar-refractivity contribution in [2.24, 2.45) is 52.3 Å². The van der Waals surface area contributed by atoms with Gasteiger partial charge in [-0.3, -0.25) is 0 Å². The first-order valence-corrected chi connectivity index (χ1v) is 34.3. The number of hydrogen-bond donors (Lipinski definition) is 19. The molecule has 0 aromatic rings. The lowest BCUT2D eigenvalue weighted by Gasteiger charge is -2.61. The molecule has 4 saturated carbocycles. The second-order valence-corrected chi connectivity index (χ2v) is 30.0. The summed E-state index contributed by atoms with van der Waals surface area (Å²) < 4.78 is 85.4. The molecule has 12 fully saturated rings. The van der Waals surface area contributed by atoms with E-state index in [1.54, 1.807) is 0 Å². The highest BCUT2D eigenvalue weighted by Gasteiger charge is 2.73. The predicted molar refractivity (Wildman–Crippen MR) is 314 cm³/mol. The second kappa shape index (κ2) is 29.3. The van der Waals surface area contributed by atoms with Crippen LogP contribution in [0.4, 0.5) is 0 Å². The molecule has 8 heterocycles. The molecule has 43 atom stereocenters. The molecule has 0 bridgehead atoms. The summed E-state index contributed by atoms with van der Waals surface area (Å²) in [6.07, 6.45) is -51.3. The lowest BCUT2D eigenvalue weighted by Crippen LogP contribution is -2.69. The van der Waals surface area contributed by atoms with Crippen LogP contribution < -0.4 is 0 Å². The molecule has 96 heavy (non-hydrogen) atoms. The van der Waals surface area contributed by atoms with E-state index in [2.05, 4.69) is 27.7 Å². The number of aliphatic hydroxyl groups is 19. The maximum atomic E-state index is 12.4. The standard InChI is InChI=1S/C63H104O33/c1-21-8-13-63(83-20-21)22(2)33-51(96-63)39(73)34-26-7-6-24-14-25(9-11-61(24,4)27(26)10-12-62(33,34)5)85-56-46(80)42(76)50(32(19-68)89-56)92-60-54(95-59-48(82)52(37(71)29(16-65)87-59)93-57-45(79)41(75)36(70)28(15-64)86-57)53(38(72)30(17-66)88-60)94-58-47(81)43(77)49(31(18-67)90-58)91-55-44(78)40(74)35(69)23(3)84-55/h21-60,64-82H,6-20H2,1-5H3/t21-,22+,23+,24+,25+,26-,27+,28-,29-,30-,31-,32-,33+,34-,35+,36-,37-,38-,39-,40-,41+,42-,43-,44-,45-,46-,47-,48-,49-,50-,51-,52+,53+,54-,55+,56-,57+,58+,59+,60+,61+,62-,63-/m1/s1. The third-order valence-corrected chi connectivity index (χ3v) is 24.6. The molecule has 33 nitrogen and oxygen atoms in total. The fourth-order valence-electron chi connectivity index (χ4n) is 19.1. The number of hydrogen-bond acceptors (Lipinski definition) is 33. The molecule has 12 aliphatic rings. The first kappa shape index (κ1) is 74.4. The van der Waals surface area contributed by atoms with Crippen molar-refractivity contribution in [2.45, 2.75) is 301 Å². The van der Waals surface area contributed by atoms with E-state index in [1.807, 2.05) is 0 Å². The van der Waals surface area contributed by atoms with E-state index in [0.717, 1.165) is 44.9 Å². The first-order chi connectivity index (χ1) is 45.6. The highest BCUT2D eigenvalue weighted by atomic mass is 16.8. The molecule has 4 aliphatic carbocycles. The Morgan fingerprint density at radius 3 is 1.43 bits per heavy atom. The summed E-state index contributed by atoms with van der Waals surface area (Å²) in [5.74, 6) is 0.883. The highest BCUT2D eigenvalue weighted by Crippen LogP contribution is 2.71. The van der Waals surface area contributed by atoms with Gasteiger partial charge in [-0.05, 0) is 98.7 Å². The Kier molecular flexibility index (Phi) is 22.7. The third-order valence-electron chi connectivity index (χ3n) is 24.6. The van der Waals surface area contributed by atoms with Gasteiger partial charge in [0, 0.05) is 18.3 Å². The van der Waals surface area contributed by atoms with E-state index in [0.29, 0.717) is 31.3 Å². The summed E-state index contributed by atoms with van der Waals surface area (Å²) >= 11 is 0. The maximum absolute atomic E-state index is 12.4. The average Bonchev–Trinajstić information content (AvgIpc) is 1.51. The number of fused-ring (bicyclic) bond motifs is 7. The van der Waals surface area contributed by atoms with E-state index in [-0.39, 0.29) is 46.5 Å². The Balaban J connectivity index is 0.765. The summed E-state index contributed by atoms with van der Waals surface area (Å²) in [5, 5.41) is 212. The van der Waals surface area contributed by atoms with E-state index in [4.69, 9.17) is 66.3 Å². The van der Waals surface area contributed by atoms with Crippen LogP contribution in [0.15, 0.2) is 0 Å². The minimum Gasteiger partial charge on any atom is -0.394 e. The fourth-order valence-corrected chi connectivity index (χ4v) is 19.1. The van der Waals surface area contributed by atoms with Gasteiger partial charge in [0.1, 0.15) is 140 Å². The van der Waals surface area contributed by atoms with Gasteiger partial charge in [-0.2, -0.15) is 0 Å². The van der Waals surface area contributed by atoms with Gasteiger partial charge in [0.25, 0.3) is 0 Å². The van der Waals surface area contributed by atoms with Crippen LogP contribution in [0.5, 0.6) is 0 Å². The van der Waals surface area contributed by atoms with Gasteiger partial charge in [-0.25, -0.2) is 0 Å². The summed E-state index contributed by atoms with van der Waals surface area (Å²) in [4.78, 5) is 0. The third kappa shape index (κ3) is 13.0. The average molecular weight is 1390 g/mol. The molecule has 8 aliphatic heterocycles. The number of aliphatic hydroxyl groups excluding tert-OH is 19. The van der Waals surface area contributed by atoms with Gasteiger partial charge >= 0.3 is 0 Å². The lowest BCUT2D eigenvalue weighted by atomic mass is 9.44. The van der Waals surface area contributed by atoms with Crippen LogP contribution in [-0.2, 0) is 66.3 Å². The first-order valence-electron chi connectivity index (χ1n) is 34.3. The van der Waals surface area contributed by atoms with Gasteiger partial charge in [0.2, 0.25) is 0 Å². The van der Waals surface area contributed by atoms with Crippen LogP contribution in [0.1, 0.15) is 92.4 Å². The minimum absolute atomic E-state index is 0.0532. The SMILES string of the molecule is C[C@@H]1CC[C@@]2(OC1)O[C@H]1[C@H](O)[C@H]3[C@@H]4CC[C@H]5C[C@@H](O[C@@H]6O[C@H](CO)[C@@H](O[C@@H]7O[C@H](CO)[C@@H](O)[C@H](O[C@@H]8O[C@H](CO)[C@@H](O[C@@H]9O[C@@H](C)[C@H](O)[C@@H](O)[C@H]9O)[C@H](O)[C@H]8O)[C@H]7O[C@@H]7O[C@H](CO)[C@@H](O)[C@H](O[C@@H]8O[C@H](CO)[C@@H](O)[C@H](O)[C@H]8O)[C@H]7O)[C@H](O)[C@H]6O)CC[C@]5(C)[C@H]4CC[C@]3(C)[C@H]1[C@@H]2C. The lowest BCUT2D eigenvalue weighted by molar-refractivity contribution is -0.414. The quantitative estimate of drug-likeness (QED) is 0.0602. The number of ether oxygens (including phenoxy) is 14. The van der Waals surface area contributed by atoms with Crippen LogP contribution in [0.25, 0.3) is 0 Å². The van der Waals surface area contributed by atoms with Crippen molar-refractivity contribution in [3.05, 3.63) is 0 Å². The largest absolute Gasteiger partial charge is 0.394 e. The zero-order valence-electron chi connectivity index (χ0n) is 54.4. The van der Waals surface area contributed by atoms with Gasteiger partial charge in [-0.15, -0.1) is 0 Å². The van der Waals surface area contributed by atoms with Crippen molar-refractivity contribution in [1.29, 1.82) is 0 Å². The van der Waals surface area contributed by atoms with E-state index in [1.165, 1.54) is 6.92 Å². The minimum atomic E-state index is -2.29. The molecule has 554 valence electrons. The Bertz CT molecular complexity index is 2540. The highest BCUT2D eigenvalue weighted by molar-refractivity contribution is 5.19. The Hall–Kier alpha value is -1.32. The van der Waals surface area contributed by atoms with Gasteiger partial charge in [0.15, 0.2) is 43.5 Å². The normalized spacial score (nSPS) is 57.6. The summed E-state index contributed by atoms with van der Waals surface area (Å²) in [5.41, 5.74) is -0.252. The van der Waals surface area contributed by atoms with Gasteiger partial charge < -0.3 is 163 Å². The van der Waals surface area contributed by atoms with Gasteiger partial charge in [-0.1, -0.05) is 27.7 Å². The molecule has 12 rings (SSSR count). The fraction of sp³-hybridized carbons (Fsp3) is 1.00. The smallest absolute Gasteiger partial charge is 0.187 e. The molecule has 19 N–H and O–H groups in total. The molecule has 0 amide bonds. The molecule has 0 aromatic heterocycles. The molecule has 0 unspecified atom stereocenters. The van der Waals surface area contributed by atoms with Crippen LogP contribution in [0, 0.1) is 52.3 Å². The van der Waals surface area contributed by atoms with E-state index >= 15 is 0 Å². The Morgan fingerprint density at radius 2 is 0.844 bits per heavy atom. The van der Waals surface area contributed by atoms with Crippen LogP contribution >= 0.6 is 0 Å². The van der Waals surface area contributed by atoms with Crippen molar-refractivity contribution >= 4 is 0 Å². The Morgan fingerprint density at radius 1 is 0.375 bits per heavy atom. The number of rotatable bonds is 17. The van der Waals surface area contributed by atoms with Crippen molar-refractivity contribution in [2.75, 3.05) is 39.6 Å². The zero-order valence-corrected chi connectivity index (χ0v) is 54.4. The maximum Gasteiger partial charge on any atom is 0.187 e. The summed E-state index contributed by atoms with van der Waals surface area (Å²) in [7, 11) is 0. The van der Waals surface area contributed by atoms with Crippen LogP contribution in [-0.4, -0.2) is 345 Å². The van der Waals surface area contributed by atoms with E-state index < -0.39 is 235 Å². The molecule has 33 heteroatoms. The van der Waals surface area contributed by atoms with Crippen LogP contribution in [0.2, 0.25) is 0 Å². The summed E-state index contributed by atoms with van der Waals surface area (Å²) in [6.45, 7) is 6.20. The van der Waals surface area contributed by atoms with Crippen molar-refractivity contribution in [3.8, 4) is 0 Å². The summed E-state index contributed by atoms with van der Waals surface area (Å²) in [6, 6.07) is 0. The van der Waals surface area contributed by atoms with Crippen LogP contribution in [0.3, 0.4) is 0 Å². The zero-order chi connectivity index (χ0) is 69.1. The molecular weight excluding hydrogens is 1280 g/mol. The molecule has 1 spiro atoms. The monoisotopic (exact) mass is 1390 g/mol. The van der Waals surface area contributed by atoms with Gasteiger partial charge in [0.05, 0.1) is 64.1 Å². The molecular formula is C63H104O33.